The molecule has 2 rings (SSSR count). The molecule has 0 radical (unpaired) electrons. The fraction of sp³-hybridized carbons (Fsp3) is 0.417. The number of sulfonamides is 1. The minimum absolute atomic E-state index is 0.127. The highest BCUT2D eigenvalue weighted by Gasteiger charge is 2.31. The summed E-state index contributed by atoms with van der Waals surface area (Å²) in [5, 5.41) is 10.5. The van der Waals surface area contributed by atoms with Gasteiger partial charge in [0, 0.05) is 25.1 Å². The molecule has 0 aliphatic carbocycles. The summed E-state index contributed by atoms with van der Waals surface area (Å²) in [6.45, 7) is 0.254. The number of carbonyl (C=O) groups excluding carboxylic acids is 1. The Balaban J connectivity index is 2.28. The van der Waals surface area contributed by atoms with Gasteiger partial charge in [-0.1, -0.05) is 0 Å². The van der Waals surface area contributed by atoms with Gasteiger partial charge >= 0.3 is 0 Å². The van der Waals surface area contributed by atoms with Crippen molar-refractivity contribution in [3.05, 3.63) is 34.1 Å². The molecule has 0 aromatic heterocycles. The zero-order valence-corrected chi connectivity index (χ0v) is 11.8. The molecule has 9 heteroatoms. The van der Waals surface area contributed by atoms with Crippen LogP contribution in [0.4, 0.5) is 10.1 Å². The summed E-state index contributed by atoms with van der Waals surface area (Å²) < 4.78 is 39.6. The molecule has 1 aliphatic heterocycles. The predicted octanol–water partition coefficient (Wildman–Crippen LogP) is 1.33. The van der Waals surface area contributed by atoms with Crippen LogP contribution in [-0.2, 0) is 14.8 Å². The number of nitrogens with zero attached hydrogens (tertiary/aromatic N) is 2. The molecule has 1 aromatic carbocycles. The molecular weight excluding hydrogens is 303 g/mol. The van der Waals surface area contributed by atoms with Gasteiger partial charge in [0.05, 0.1) is 11.0 Å². The van der Waals surface area contributed by atoms with E-state index in [1.807, 2.05) is 0 Å². The molecule has 0 N–H and O–H groups in total. The Hall–Kier alpha value is -1.87. The molecule has 0 unspecified atom stereocenters. The second kappa shape index (κ2) is 5.86. The number of non-ortho nitro benzene ring substituents is 1. The molecule has 0 bridgehead atoms. The number of benzene rings is 1. The Morgan fingerprint density at radius 1 is 1.33 bits per heavy atom. The third-order valence-electron chi connectivity index (χ3n) is 3.44. The van der Waals surface area contributed by atoms with E-state index in [0.717, 1.165) is 22.7 Å². The fourth-order valence-electron chi connectivity index (χ4n) is 2.20. The van der Waals surface area contributed by atoms with Crippen LogP contribution in [0.15, 0.2) is 23.1 Å². The zero-order chi connectivity index (χ0) is 15.6. The molecule has 0 amide bonds. The van der Waals surface area contributed by atoms with Crippen LogP contribution in [0.25, 0.3) is 0 Å². The standard InChI is InChI=1S/C12H13FN2O5S/c13-11-7-10(15(17)18)1-2-12(11)21(19,20)14-5-3-9(8-16)4-6-14/h1-2,7-9H,3-6H2. The maximum absolute atomic E-state index is 13.8. The molecule has 7 nitrogen and oxygen atoms in total. The summed E-state index contributed by atoms with van der Waals surface area (Å²) in [4.78, 5) is 19.8. The van der Waals surface area contributed by atoms with E-state index in [-0.39, 0.29) is 19.0 Å². The minimum Gasteiger partial charge on any atom is -0.303 e. The second-order valence-corrected chi connectivity index (χ2v) is 6.66. The lowest BCUT2D eigenvalue weighted by molar-refractivity contribution is -0.385. The molecule has 0 saturated carbocycles. The van der Waals surface area contributed by atoms with Gasteiger partial charge in [-0.15, -0.1) is 0 Å². The summed E-state index contributed by atoms with van der Waals surface area (Å²) in [6.07, 6.45) is 1.56. The highest BCUT2D eigenvalue weighted by atomic mass is 32.2. The maximum Gasteiger partial charge on any atom is 0.272 e. The lowest BCUT2D eigenvalue weighted by Crippen LogP contribution is -2.39. The van der Waals surface area contributed by atoms with Crippen LogP contribution >= 0.6 is 0 Å². The van der Waals surface area contributed by atoms with E-state index >= 15 is 0 Å². The molecule has 0 atom stereocenters. The smallest absolute Gasteiger partial charge is 0.272 e. The van der Waals surface area contributed by atoms with Crippen LogP contribution in [0.2, 0.25) is 0 Å². The number of hydrogen-bond donors (Lipinski definition) is 0. The van der Waals surface area contributed by atoms with Crippen LogP contribution in [0.5, 0.6) is 0 Å². The molecule has 0 spiro atoms. The predicted molar refractivity (Wildman–Crippen MR) is 70.6 cm³/mol. The summed E-state index contributed by atoms with van der Waals surface area (Å²) in [5.41, 5.74) is -0.508. The van der Waals surface area contributed by atoms with Crippen molar-refractivity contribution < 1.29 is 22.5 Å². The van der Waals surface area contributed by atoms with Gasteiger partial charge in [-0.25, -0.2) is 12.8 Å². The van der Waals surface area contributed by atoms with Crippen molar-refractivity contribution in [3.63, 3.8) is 0 Å². The lowest BCUT2D eigenvalue weighted by Gasteiger charge is -2.28. The van der Waals surface area contributed by atoms with Crippen molar-refractivity contribution in [2.75, 3.05) is 13.1 Å². The summed E-state index contributed by atoms with van der Waals surface area (Å²) in [7, 11) is -4.05. The number of carbonyl (C=O) groups is 1. The SMILES string of the molecule is O=CC1CCN(S(=O)(=O)c2ccc([N+](=O)[O-])cc2F)CC1. The zero-order valence-electron chi connectivity index (χ0n) is 10.9. The van der Waals surface area contributed by atoms with Crippen molar-refractivity contribution in [2.45, 2.75) is 17.7 Å². The number of hydrogen-bond acceptors (Lipinski definition) is 5. The lowest BCUT2D eigenvalue weighted by atomic mass is 10.0. The summed E-state index contributed by atoms with van der Waals surface area (Å²) in [5.74, 6) is -1.33. The van der Waals surface area contributed by atoms with E-state index in [4.69, 9.17) is 0 Å². The van der Waals surface area contributed by atoms with Gasteiger partial charge < -0.3 is 4.79 Å². The highest BCUT2D eigenvalue weighted by molar-refractivity contribution is 7.89. The number of rotatable bonds is 4. The number of piperidine rings is 1. The van der Waals surface area contributed by atoms with Gasteiger partial charge in [-0.3, -0.25) is 10.1 Å². The Kier molecular flexibility index (Phi) is 4.33. The van der Waals surface area contributed by atoms with E-state index in [1.54, 1.807) is 0 Å². The van der Waals surface area contributed by atoms with Crippen LogP contribution in [0.1, 0.15) is 12.8 Å². The van der Waals surface area contributed by atoms with Gasteiger partial charge in [0.1, 0.15) is 17.0 Å². The van der Waals surface area contributed by atoms with Crippen molar-refractivity contribution in [2.24, 2.45) is 5.92 Å². The third-order valence-corrected chi connectivity index (χ3v) is 5.37. The van der Waals surface area contributed by atoms with Crippen molar-refractivity contribution >= 4 is 22.0 Å². The molecule has 21 heavy (non-hydrogen) atoms. The van der Waals surface area contributed by atoms with Crippen LogP contribution in [0, 0.1) is 21.8 Å². The maximum atomic E-state index is 13.8. The molecular formula is C12H13FN2O5S. The monoisotopic (exact) mass is 316 g/mol. The molecule has 1 aliphatic rings. The van der Waals surface area contributed by atoms with Gasteiger partial charge in [-0.05, 0) is 18.9 Å². The third kappa shape index (κ3) is 3.08. The van der Waals surface area contributed by atoms with Gasteiger partial charge in [-0.2, -0.15) is 4.31 Å². The minimum atomic E-state index is -4.05. The molecule has 1 fully saturated rings. The van der Waals surface area contributed by atoms with Gasteiger partial charge in [0.25, 0.3) is 5.69 Å². The average Bonchev–Trinajstić information content (AvgIpc) is 2.46. The Morgan fingerprint density at radius 3 is 2.43 bits per heavy atom. The number of nitro benzene ring substituents is 1. The normalized spacial score (nSPS) is 17.6. The number of aldehydes is 1. The van der Waals surface area contributed by atoms with Crippen LogP contribution < -0.4 is 0 Å². The van der Waals surface area contributed by atoms with Crippen LogP contribution in [0.3, 0.4) is 0 Å². The van der Waals surface area contributed by atoms with Gasteiger partial charge in [0.2, 0.25) is 10.0 Å². The molecule has 1 heterocycles. The number of halogens is 1. The first-order chi connectivity index (χ1) is 9.86. The van der Waals surface area contributed by atoms with Gasteiger partial charge in [0.15, 0.2) is 0 Å². The largest absolute Gasteiger partial charge is 0.303 e. The van der Waals surface area contributed by atoms with Crippen molar-refractivity contribution in [3.8, 4) is 0 Å². The van der Waals surface area contributed by atoms with E-state index < -0.39 is 31.3 Å². The summed E-state index contributed by atoms with van der Waals surface area (Å²) in [6, 6.07) is 2.44. The first-order valence-corrected chi connectivity index (χ1v) is 7.69. The molecule has 1 aromatic rings. The molecule has 114 valence electrons. The Labute approximate surface area is 120 Å². The summed E-state index contributed by atoms with van der Waals surface area (Å²) >= 11 is 0. The fourth-order valence-corrected chi connectivity index (χ4v) is 3.72. The topological polar surface area (TPSA) is 97.6 Å². The van der Waals surface area contributed by atoms with E-state index in [0.29, 0.717) is 18.9 Å². The average molecular weight is 316 g/mol. The van der Waals surface area contributed by atoms with Crippen molar-refractivity contribution in [1.29, 1.82) is 0 Å². The Morgan fingerprint density at radius 2 is 1.95 bits per heavy atom. The van der Waals surface area contributed by atoms with E-state index in [1.165, 1.54) is 0 Å². The first-order valence-electron chi connectivity index (χ1n) is 6.25. The number of nitro groups is 1. The first kappa shape index (κ1) is 15.5. The quantitative estimate of drug-likeness (QED) is 0.474. The second-order valence-electron chi connectivity index (χ2n) is 4.75. The van der Waals surface area contributed by atoms with E-state index in [9.17, 15) is 27.7 Å². The van der Waals surface area contributed by atoms with Crippen molar-refractivity contribution in [1.82, 2.24) is 4.31 Å². The molecule has 1 saturated heterocycles. The van der Waals surface area contributed by atoms with Crippen LogP contribution in [-0.4, -0.2) is 37.0 Å². The Bertz CT molecular complexity index is 668. The van der Waals surface area contributed by atoms with E-state index in [2.05, 4.69) is 0 Å². The highest BCUT2D eigenvalue weighted by Crippen LogP contribution is 2.26.